The lowest BCUT2D eigenvalue weighted by Crippen LogP contribution is -2.54. The first-order chi connectivity index (χ1) is 9.90. The highest BCUT2D eigenvalue weighted by molar-refractivity contribution is 9.10. The van der Waals surface area contributed by atoms with Gasteiger partial charge in [0.15, 0.2) is 0 Å². The second-order valence-corrected chi connectivity index (χ2v) is 5.67. The largest absolute Gasteiger partial charge is 0.295 e. The van der Waals surface area contributed by atoms with Gasteiger partial charge in [0.1, 0.15) is 11.9 Å². The average Bonchev–Trinajstić information content (AvgIpc) is 2.63. The van der Waals surface area contributed by atoms with E-state index in [0.29, 0.717) is 4.47 Å². The summed E-state index contributed by atoms with van der Waals surface area (Å²) in [6, 6.07) is 1.33. The van der Waals surface area contributed by atoms with E-state index in [1.165, 1.54) is 6.07 Å². The molecule has 1 N–H and O–H groups in total. The maximum atomic E-state index is 13.9. The Labute approximate surface area is 126 Å². The molecule has 0 radical (unpaired) electrons. The molecule has 1 saturated heterocycles. The van der Waals surface area contributed by atoms with E-state index in [1.54, 1.807) is 0 Å². The van der Waals surface area contributed by atoms with Crippen molar-refractivity contribution in [3.63, 3.8) is 0 Å². The molecule has 8 heteroatoms. The molecule has 3 rings (SSSR count). The minimum absolute atomic E-state index is 0.0238. The van der Waals surface area contributed by atoms with E-state index >= 15 is 0 Å². The minimum atomic E-state index is -1.09. The highest BCUT2D eigenvalue weighted by Crippen LogP contribution is 2.31. The van der Waals surface area contributed by atoms with Gasteiger partial charge in [-0.2, -0.15) is 0 Å². The Balaban J connectivity index is 2.02. The van der Waals surface area contributed by atoms with E-state index in [1.807, 2.05) is 0 Å². The van der Waals surface area contributed by atoms with Gasteiger partial charge >= 0.3 is 0 Å². The fourth-order valence-corrected chi connectivity index (χ4v) is 2.94. The number of imide groups is 2. The van der Waals surface area contributed by atoms with Crippen molar-refractivity contribution in [1.82, 2.24) is 10.2 Å². The summed E-state index contributed by atoms with van der Waals surface area (Å²) in [7, 11) is 0. The van der Waals surface area contributed by atoms with Crippen LogP contribution in [0, 0.1) is 5.82 Å². The van der Waals surface area contributed by atoms with E-state index in [2.05, 4.69) is 21.2 Å². The van der Waals surface area contributed by atoms with Crippen LogP contribution in [0.1, 0.15) is 33.6 Å². The molecule has 1 fully saturated rings. The zero-order valence-electron chi connectivity index (χ0n) is 10.5. The Hall–Kier alpha value is -2.09. The minimum Gasteiger partial charge on any atom is -0.295 e. The summed E-state index contributed by atoms with van der Waals surface area (Å²) in [5, 5.41) is 2.07. The molecule has 2 aliphatic rings. The zero-order valence-corrected chi connectivity index (χ0v) is 12.1. The lowest BCUT2D eigenvalue weighted by atomic mass is 10.0. The van der Waals surface area contributed by atoms with Crippen LogP contribution in [0.2, 0.25) is 0 Å². The molecule has 2 heterocycles. The smallest absolute Gasteiger partial charge is 0.265 e. The maximum absolute atomic E-state index is 13.9. The summed E-state index contributed by atoms with van der Waals surface area (Å²) in [6.45, 7) is 0. The monoisotopic (exact) mass is 354 g/mol. The van der Waals surface area contributed by atoms with Crippen molar-refractivity contribution in [1.29, 1.82) is 0 Å². The molecule has 108 valence electrons. The summed E-state index contributed by atoms with van der Waals surface area (Å²) in [4.78, 5) is 48.2. The van der Waals surface area contributed by atoms with Gasteiger partial charge in [-0.05, 0) is 18.6 Å². The number of carbonyl (C=O) groups is 4. The summed E-state index contributed by atoms with van der Waals surface area (Å²) >= 11 is 3.05. The number of nitrogens with one attached hydrogen (secondary N) is 1. The van der Waals surface area contributed by atoms with Gasteiger partial charge in [-0.15, -0.1) is 0 Å². The first kappa shape index (κ1) is 13.9. The number of fused-ring (bicyclic) bond motifs is 1. The molecule has 0 aliphatic carbocycles. The van der Waals surface area contributed by atoms with Gasteiger partial charge in [0, 0.05) is 10.9 Å². The number of piperidine rings is 1. The third-order valence-electron chi connectivity index (χ3n) is 3.46. The lowest BCUT2D eigenvalue weighted by molar-refractivity contribution is -0.136. The van der Waals surface area contributed by atoms with Gasteiger partial charge in [-0.1, -0.05) is 15.9 Å². The standard InChI is InChI=1S/C13H8BrFN2O4/c14-5-3-6-10(7(15)4-5)13(21)17(12(6)20)8-1-2-9(18)16-11(8)19/h3-4,8H,1-2H2,(H,16,18,19). The molecule has 0 bridgehead atoms. The molecule has 1 unspecified atom stereocenters. The van der Waals surface area contributed by atoms with Crippen molar-refractivity contribution in [2.45, 2.75) is 18.9 Å². The van der Waals surface area contributed by atoms with Crippen molar-refractivity contribution >= 4 is 39.6 Å². The number of benzene rings is 1. The van der Waals surface area contributed by atoms with Crippen LogP contribution in [-0.2, 0) is 9.59 Å². The van der Waals surface area contributed by atoms with Crippen molar-refractivity contribution in [3.8, 4) is 0 Å². The predicted octanol–water partition coefficient (Wildman–Crippen LogP) is 0.989. The maximum Gasteiger partial charge on any atom is 0.265 e. The second-order valence-electron chi connectivity index (χ2n) is 4.76. The first-order valence-electron chi connectivity index (χ1n) is 6.11. The lowest BCUT2D eigenvalue weighted by Gasteiger charge is -2.27. The Morgan fingerprint density at radius 1 is 1.19 bits per heavy atom. The van der Waals surface area contributed by atoms with Gasteiger partial charge < -0.3 is 0 Å². The normalized spacial score (nSPS) is 21.6. The zero-order chi connectivity index (χ0) is 15.3. The summed E-state index contributed by atoms with van der Waals surface area (Å²) in [6.07, 6.45) is 0.0644. The Bertz CT molecular complexity index is 718. The van der Waals surface area contributed by atoms with Gasteiger partial charge in [0.05, 0.1) is 11.1 Å². The number of halogens is 2. The van der Waals surface area contributed by atoms with Crippen LogP contribution in [0.25, 0.3) is 0 Å². The van der Waals surface area contributed by atoms with Crippen LogP contribution in [0.4, 0.5) is 4.39 Å². The molecule has 1 aromatic rings. The molecular formula is C13H8BrFN2O4. The summed E-state index contributed by atoms with van der Waals surface area (Å²) in [5.41, 5.74) is -0.426. The van der Waals surface area contributed by atoms with Crippen molar-refractivity contribution in [2.24, 2.45) is 0 Å². The average molecular weight is 355 g/mol. The molecular weight excluding hydrogens is 347 g/mol. The number of hydrogen-bond donors (Lipinski definition) is 1. The highest BCUT2D eigenvalue weighted by atomic mass is 79.9. The van der Waals surface area contributed by atoms with E-state index in [4.69, 9.17) is 0 Å². The number of amides is 4. The molecule has 0 aromatic heterocycles. The molecule has 0 spiro atoms. The van der Waals surface area contributed by atoms with Gasteiger partial charge in [-0.3, -0.25) is 29.4 Å². The van der Waals surface area contributed by atoms with Crippen molar-refractivity contribution in [3.05, 3.63) is 33.5 Å². The Kier molecular flexibility index (Phi) is 3.12. The molecule has 6 nitrogen and oxygen atoms in total. The topological polar surface area (TPSA) is 83.6 Å². The van der Waals surface area contributed by atoms with Crippen molar-refractivity contribution in [2.75, 3.05) is 0 Å². The van der Waals surface area contributed by atoms with E-state index in [-0.39, 0.29) is 24.0 Å². The summed E-state index contributed by atoms with van der Waals surface area (Å²) in [5.74, 6) is -3.59. The van der Waals surface area contributed by atoms with E-state index < -0.39 is 35.5 Å². The second kappa shape index (κ2) is 4.73. The fourth-order valence-electron chi connectivity index (χ4n) is 2.51. The third kappa shape index (κ3) is 2.06. The molecule has 0 saturated carbocycles. The Morgan fingerprint density at radius 3 is 2.57 bits per heavy atom. The van der Waals surface area contributed by atoms with Crippen molar-refractivity contribution < 1.29 is 23.6 Å². The van der Waals surface area contributed by atoms with Gasteiger partial charge in [0.2, 0.25) is 11.8 Å². The molecule has 4 amide bonds. The number of carbonyl (C=O) groups excluding carboxylic acids is 4. The third-order valence-corrected chi connectivity index (χ3v) is 3.92. The quantitative estimate of drug-likeness (QED) is 0.762. The van der Waals surface area contributed by atoms with Crippen LogP contribution in [0.3, 0.4) is 0 Å². The number of hydrogen-bond acceptors (Lipinski definition) is 4. The van der Waals surface area contributed by atoms with Crippen LogP contribution >= 0.6 is 15.9 Å². The van der Waals surface area contributed by atoms with Gasteiger partial charge in [0.25, 0.3) is 11.8 Å². The SMILES string of the molecule is O=C1CCC(N2C(=O)c3cc(Br)cc(F)c3C2=O)C(=O)N1. The summed E-state index contributed by atoms with van der Waals surface area (Å²) < 4.78 is 14.2. The van der Waals surface area contributed by atoms with Crippen LogP contribution in [0.5, 0.6) is 0 Å². The highest BCUT2D eigenvalue weighted by Gasteiger charge is 2.46. The molecule has 1 atom stereocenters. The van der Waals surface area contributed by atoms with E-state index in [9.17, 15) is 23.6 Å². The van der Waals surface area contributed by atoms with E-state index in [0.717, 1.165) is 11.0 Å². The fraction of sp³-hybridized carbons (Fsp3) is 0.231. The Morgan fingerprint density at radius 2 is 1.90 bits per heavy atom. The molecule has 21 heavy (non-hydrogen) atoms. The predicted molar refractivity (Wildman–Crippen MR) is 70.8 cm³/mol. The van der Waals surface area contributed by atoms with Crippen LogP contribution < -0.4 is 5.32 Å². The van der Waals surface area contributed by atoms with Crippen LogP contribution in [0.15, 0.2) is 16.6 Å². The molecule has 1 aromatic carbocycles. The van der Waals surface area contributed by atoms with Gasteiger partial charge in [-0.25, -0.2) is 4.39 Å². The molecule has 2 aliphatic heterocycles. The van der Waals surface area contributed by atoms with Crippen LogP contribution in [-0.4, -0.2) is 34.6 Å². The first-order valence-corrected chi connectivity index (χ1v) is 6.90. The number of rotatable bonds is 1. The number of nitrogens with zero attached hydrogens (tertiary/aromatic N) is 1.